The van der Waals surface area contributed by atoms with Gasteiger partial charge in [-0.1, -0.05) is 26.0 Å². The lowest BCUT2D eigenvalue weighted by molar-refractivity contribution is 0.232. The third-order valence-electron chi connectivity index (χ3n) is 4.51. The largest absolute Gasteiger partial charge is 0.449 e. The average Bonchev–Trinajstić information content (AvgIpc) is 2.89. The molecule has 1 heterocycles. The van der Waals surface area contributed by atoms with Crippen molar-refractivity contribution < 1.29 is 4.42 Å². The lowest BCUT2D eigenvalue weighted by atomic mass is 9.75. The maximum atomic E-state index is 5.26. The zero-order valence-corrected chi connectivity index (χ0v) is 13.1. The van der Waals surface area contributed by atoms with Crippen LogP contribution in [-0.2, 0) is 0 Å². The fourth-order valence-electron chi connectivity index (χ4n) is 3.01. The van der Waals surface area contributed by atoms with Crippen LogP contribution >= 0.6 is 0 Å². The second-order valence-corrected chi connectivity index (χ2v) is 6.91. The first-order chi connectivity index (χ1) is 10.0. The van der Waals surface area contributed by atoms with Crippen LogP contribution in [0.15, 0.2) is 34.9 Å². The van der Waals surface area contributed by atoms with Crippen LogP contribution in [0.4, 0.5) is 5.69 Å². The second kappa shape index (κ2) is 5.55. The van der Waals surface area contributed by atoms with Gasteiger partial charge in [-0.25, -0.2) is 4.98 Å². The van der Waals surface area contributed by atoms with Gasteiger partial charge in [-0.05, 0) is 43.2 Å². The highest BCUT2D eigenvalue weighted by molar-refractivity contribution is 5.62. The molecule has 3 nitrogen and oxygen atoms in total. The minimum absolute atomic E-state index is 0.521. The molecule has 0 radical (unpaired) electrons. The van der Waals surface area contributed by atoms with E-state index in [0.717, 1.165) is 11.3 Å². The van der Waals surface area contributed by atoms with Crippen molar-refractivity contribution in [2.24, 2.45) is 5.41 Å². The van der Waals surface area contributed by atoms with Crippen LogP contribution in [0, 0.1) is 12.3 Å². The van der Waals surface area contributed by atoms with E-state index in [2.05, 4.69) is 48.4 Å². The molecule has 2 aromatic rings. The van der Waals surface area contributed by atoms with Gasteiger partial charge >= 0.3 is 0 Å². The first-order valence-corrected chi connectivity index (χ1v) is 7.81. The Morgan fingerprint density at radius 1 is 1.14 bits per heavy atom. The zero-order chi connectivity index (χ0) is 14.9. The van der Waals surface area contributed by atoms with Gasteiger partial charge in [0, 0.05) is 24.2 Å². The monoisotopic (exact) mass is 284 g/mol. The van der Waals surface area contributed by atoms with Gasteiger partial charge in [-0.3, -0.25) is 0 Å². The summed E-state index contributed by atoms with van der Waals surface area (Å²) in [5.74, 6) is 0.706. The minimum atomic E-state index is 0.521. The molecule has 1 aromatic heterocycles. The standard InChI is InChI=1S/C18H24N2O/c1-13-19-17(12-21-13)14-4-6-15(7-5-14)20-16-8-10-18(2,3)11-9-16/h4-7,12,16,20H,8-11H2,1-3H3. The van der Waals surface area contributed by atoms with E-state index in [1.54, 1.807) is 6.26 Å². The predicted molar refractivity (Wildman–Crippen MR) is 86.3 cm³/mol. The summed E-state index contributed by atoms with van der Waals surface area (Å²) >= 11 is 0. The molecule has 112 valence electrons. The first kappa shape index (κ1) is 14.2. The van der Waals surface area contributed by atoms with Crippen LogP contribution in [0.2, 0.25) is 0 Å². The molecule has 1 saturated carbocycles. The van der Waals surface area contributed by atoms with Crippen molar-refractivity contribution in [3.63, 3.8) is 0 Å². The summed E-state index contributed by atoms with van der Waals surface area (Å²) in [6, 6.07) is 9.09. The van der Waals surface area contributed by atoms with Gasteiger partial charge in [-0.2, -0.15) is 0 Å². The second-order valence-electron chi connectivity index (χ2n) is 6.91. The van der Waals surface area contributed by atoms with E-state index in [0.29, 0.717) is 17.3 Å². The fraction of sp³-hybridized carbons (Fsp3) is 0.500. The van der Waals surface area contributed by atoms with Crippen molar-refractivity contribution >= 4 is 5.69 Å². The van der Waals surface area contributed by atoms with Crippen LogP contribution in [-0.4, -0.2) is 11.0 Å². The smallest absolute Gasteiger partial charge is 0.191 e. The average molecular weight is 284 g/mol. The van der Waals surface area contributed by atoms with E-state index < -0.39 is 0 Å². The Balaban J connectivity index is 1.63. The Morgan fingerprint density at radius 3 is 2.38 bits per heavy atom. The van der Waals surface area contributed by atoms with Gasteiger partial charge in [0.05, 0.1) is 0 Å². The Morgan fingerprint density at radius 2 is 1.81 bits per heavy atom. The molecule has 0 unspecified atom stereocenters. The van der Waals surface area contributed by atoms with Crippen molar-refractivity contribution in [3.8, 4) is 11.3 Å². The molecule has 3 rings (SSSR count). The summed E-state index contributed by atoms with van der Waals surface area (Å²) < 4.78 is 5.26. The third-order valence-corrected chi connectivity index (χ3v) is 4.51. The highest BCUT2D eigenvalue weighted by Crippen LogP contribution is 2.36. The molecule has 0 saturated heterocycles. The Labute approximate surface area is 126 Å². The highest BCUT2D eigenvalue weighted by Gasteiger charge is 2.26. The molecule has 3 heteroatoms. The van der Waals surface area contributed by atoms with Gasteiger partial charge in [0.2, 0.25) is 0 Å². The number of hydrogen-bond donors (Lipinski definition) is 1. The number of aryl methyl sites for hydroxylation is 1. The van der Waals surface area contributed by atoms with Gasteiger partial charge in [0.1, 0.15) is 12.0 Å². The zero-order valence-electron chi connectivity index (χ0n) is 13.1. The number of benzene rings is 1. The number of rotatable bonds is 3. The van der Waals surface area contributed by atoms with Crippen LogP contribution < -0.4 is 5.32 Å². The molecule has 0 amide bonds. The number of oxazole rings is 1. The molecule has 1 N–H and O–H groups in total. The molecule has 0 atom stereocenters. The summed E-state index contributed by atoms with van der Waals surface area (Å²) in [5, 5.41) is 3.66. The SMILES string of the molecule is Cc1nc(-c2ccc(NC3CCC(C)(C)CC3)cc2)co1. The number of nitrogens with zero attached hydrogens (tertiary/aromatic N) is 1. The molecule has 21 heavy (non-hydrogen) atoms. The molecule has 0 aliphatic heterocycles. The molecule has 0 spiro atoms. The number of hydrogen-bond acceptors (Lipinski definition) is 3. The maximum absolute atomic E-state index is 5.26. The molecule has 1 fully saturated rings. The minimum Gasteiger partial charge on any atom is -0.449 e. The van der Waals surface area contributed by atoms with Crippen molar-refractivity contribution in [2.45, 2.75) is 52.5 Å². The highest BCUT2D eigenvalue weighted by atomic mass is 16.3. The molecule has 1 aromatic carbocycles. The number of anilines is 1. The first-order valence-electron chi connectivity index (χ1n) is 7.81. The van der Waals surface area contributed by atoms with Crippen molar-refractivity contribution in [2.75, 3.05) is 5.32 Å². The van der Waals surface area contributed by atoms with Gasteiger partial charge in [0.15, 0.2) is 5.89 Å². The topological polar surface area (TPSA) is 38.1 Å². The molecule has 0 bridgehead atoms. The van der Waals surface area contributed by atoms with E-state index in [1.807, 2.05) is 6.92 Å². The van der Waals surface area contributed by atoms with Gasteiger partial charge in [0.25, 0.3) is 0 Å². The van der Waals surface area contributed by atoms with Crippen molar-refractivity contribution in [3.05, 3.63) is 36.4 Å². The number of aromatic nitrogens is 1. The third kappa shape index (κ3) is 3.46. The lowest BCUT2D eigenvalue weighted by Crippen LogP contribution is -2.29. The Hall–Kier alpha value is -1.77. The van der Waals surface area contributed by atoms with E-state index in [1.165, 1.54) is 31.4 Å². The molecular weight excluding hydrogens is 260 g/mol. The summed E-state index contributed by atoms with van der Waals surface area (Å²) in [6.45, 7) is 6.61. The molecule has 1 aliphatic carbocycles. The molecule has 1 aliphatic rings. The van der Waals surface area contributed by atoms with Gasteiger partial charge < -0.3 is 9.73 Å². The quantitative estimate of drug-likeness (QED) is 0.859. The van der Waals surface area contributed by atoms with Crippen molar-refractivity contribution in [1.29, 1.82) is 0 Å². The lowest BCUT2D eigenvalue weighted by Gasteiger charge is -2.35. The van der Waals surface area contributed by atoms with E-state index in [9.17, 15) is 0 Å². The molecular formula is C18H24N2O. The summed E-state index contributed by atoms with van der Waals surface area (Å²) in [7, 11) is 0. The Kier molecular flexibility index (Phi) is 3.75. The fourth-order valence-corrected chi connectivity index (χ4v) is 3.01. The van der Waals surface area contributed by atoms with Crippen LogP contribution in [0.1, 0.15) is 45.4 Å². The van der Waals surface area contributed by atoms with E-state index >= 15 is 0 Å². The van der Waals surface area contributed by atoms with Crippen LogP contribution in [0.3, 0.4) is 0 Å². The summed E-state index contributed by atoms with van der Waals surface area (Å²) in [6.07, 6.45) is 6.84. The normalized spacial score (nSPS) is 18.6. The van der Waals surface area contributed by atoms with Gasteiger partial charge in [-0.15, -0.1) is 0 Å². The van der Waals surface area contributed by atoms with E-state index in [4.69, 9.17) is 4.42 Å². The van der Waals surface area contributed by atoms with Crippen LogP contribution in [0.5, 0.6) is 0 Å². The summed E-state index contributed by atoms with van der Waals surface area (Å²) in [5.41, 5.74) is 3.72. The maximum Gasteiger partial charge on any atom is 0.191 e. The predicted octanol–water partition coefficient (Wildman–Crippen LogP) is 5.03. The van der Waals surface area contributed by atoms with E-state index in [-0.39, 0.29) is 0 Å². The summed E-state index contributed by atoms with van der Waals surface area (Å²) in [4.78, 5) is 4.36. The van der Waals surface area contributed by atoms with Crippen molar-refractivity contribution in [1.82, 2.24) is 4.98 Å². The number of nitrogens with one attached hydrogen (secondary N) is 1. The Bertz CT molecular complexity index is 588. The van der Waals surface area contributed by atoms with Crippen LogP contribution in [0.25, 0.3) is 11.3 Å².